The second kappa shape index (κ2) is 8.94. The summed E-state index contributed by atoms with van der Waals surface area (Å²) in [6.45, 7) is 2.68. The lowest BCUT2D eigenvalue weighted by atomic mass is 9.98. The molecule has 1 aromatic heterocycles. The molecule has 0 spiro atoms. The van der Waals surface area contributed by atoms with Crippen LogP contribution in [0, 0.1) is 0 Å². The molecular weight excluding hydrogens is 358 g/mol. The summed E-state index contributed by atoms with van der Waals surface area (Å²) in [5.74, 6) is 0.878. The highest BCUT2D eigenvalue weighted by Gasteiger charge is 2.16. The number of aromatic nitrogens is 1. The maximum atomic E-state index is 6.49. The third-order valence-corrected chi connectivity index (χ3v) is 5.90. The average molecular weight is 386 g/mol. The average Bonchev–Trinajstić information content (AvgIpc) is 2.95. The van der Waals surface area contributed by atoms with Crippen molar-refractivity contribution in [1.29, 1.82) is 0 Å². The van der Waals surface area contributed by atoms with Gasteiger partial charge >= 0.3 is 0 Å². The van der Waals surface area contributed by atoms with Crippen molar-refractivity contribution in [1.82, 2.24) is 10.3 Å². The topological polar surface area (TPSA) is 46.2 Å². The highest BCUT2D eigenvalue weighted by Crippen LogP contribution is 2.31. The van der Waals surface area contributed by atoms with Gasteiger partial charge < -0.3 is 15.4 Å². The number of nitrogens with one attached hydrogen (secondary N) is 2. The fourth-order valence-corrected chi connectivity index (χ4v) is 4.32. The van der Waals surface area contributed by atoms with Crippen molar-refractivity contribution in [3.05, 3.63) is 52.3 Å². The summed E-state index contributed by atoms with van der Waals surface area (Å²) >= 11 is 6.49. The predicted octanol–water partition coefficient (Wildman–Crippen LogP) is 4.75. The zero-order chi connectivity index (χ0) is 18.5. The number of fused-ring (bicyclic) bond motifs is 1. The van der Waals surface area contributed by atoms with Crippen LogP contribution in [0.15, 0.2) is 30.5 Å². The van der Waals surface area contributed by atoms with Crippen molar-refractivity contribution in [3.8, 4) is 5.75 Å². The minimum Gasteiger partial charge on any atom is -0.489 e. The van der Waals surface area contributed by atoms with Gasteiger partial charge in [-0.25, -0.2) is 0 Å². The van der Waals surface area contributed by atoms with E-state index in [2.05, 4.69) is 21.7 Å². The van der Waals surface area contributed by atoms with E-state index in [4.69, 9.17) is 16.3 Å². The van der Waals surface area contributed by atoms with Crippen LogP contribution in [0.25, 0.3) is 0 Å². The molecule has 0 amide bonds. The normalized spacial score (nSPS) is 17.8. The van der Waals surface area contributed by atoms with Gasteiger partial charge in [0.15, 0.2) is 0 Å². The largest absolute Gasteiger partial charge is 0.489 e. The zero-order valence-electron chi connectivity index (χ0n) is 15.8. The monoisotopic (exact) mass is 385 g/mol. The van der Waals surface area contributed by atoms with Crippen LogP contribution in [0.4, 0.5) is 5.69 Å². The summed E-state index contributed by atoms with van der Waals surface area (Å²) in [5.41, 5.74) is 4.77. The standard InChI is InChI=1S/C22H28ClN3O/c23-21-9-6-16-10-12-24-13-11-20(16)22(21)26-14-17-7-8-19(15-25-17)27-18-4-2-1-3-5-18/h6-9,15,18,24,26H,1-5,10-14H2. The molecule has 0 radical (unpaired) electrons. The van der Waals surface area contributed by atoms with Crippen molar-refractivity contribution in [2.45, 2.75) is 57.6 Å². The number of ether oxygens (including phenoxy) is 1. The molecule has 0 saturated heterocycles. The Balaban J connectivity index is 1.40. The molecule has 0 unspecified atom stereocenters. The molecule has 2 heterocycles. The maximum Gasteiger partial charge on any atom is 0.138 e. The number of hydrogen-bond acceptors (Lipinski definition) is 4. The Morgan fingerprint density at radius 2 is 1.93 bits per heavy atom. The second-order valence-corrected chi connectivity index (χ2v) is 7.93. The lowest BCUT2D eigenvalue weighted by Gasteiger charge is -2.22. The van der Waals surface area contributed by atoms with E-state index in [1.54, 1.807) is 0 Å². The molecule has 4 nitrogen and oxygen atoms in total. The Morgan fingerprint density at radius 3 is 2.74 bits per heavy atom. The van der Waals surface area contributed by atoms with Crippen LogP contribution in [-0.2, 0) is 19.4 Å². The van der Waals surface area contributed by atoms with Crippen molar-refractivity contribution in [3.63, 3.8) is 0 Å². The molecule has 2 aliphatic rings. The predicted molar refractivity (Wildman–Crippen MR) is 111 cm³/mol. The van der Waals surface area contributed by atoms with Crippen LogP contribution in [0.3, 0.4) is 0 Å². The van der Waals surface area contributed by atoms with E-state index in [-0.39, 0.29) is 0 Å². The Labute approximate surface area is 166 Å². The smallest absolute Gasteiger partial charge is 0.138 e. The number of pyridine rings is 1. The molecule has 1 aliphatic carbocycles. The molecule has 2 N–H and O–H groups in total. The number of benzene rings is 1. The van der Waals surface area contributed by atoms with Crippen molar-refractivity contribution in [2.75, 3.05) is 18.4 Å². The second-order valence-electron chi connectivity index (χ2n) is 7.53. The van der Waals surface area contributed by atoms with Crippen LogP contribution < -0.4 is 15.4 Å². The number of halogens is 1. The molecule has 1 aliphatic heterocycles. The van der Waals surface area contributed by atoms with Gasteiger partial charge in [-0.05, 0) is 80.9 Å². The Hall–Kier alpha value is -1.78. The third-order valence-electron chi connectivity index (χ3n) is 5.58. The van der Waals surface area contributed by atoms with Gasteiger partial charge in [-0.3, -0.25) is 4.98 Å². The molecule has 144 valence electrons. The van der Waals surface area contributed by atoms with Crippen LogP contribution in [-0.4, -0.2) is 24.2 Å². The van der Waals surface area contributed by atoms with E-state index in [0.29, 0.717) is 12.6 Å². The first kappa shape index (κ1) is 18.6. The lowest BCUT2D eigenvalue weighted by molar-refractivity contribution is 0.154. The van der Waals surface area contributed by atoms with Gasteiger partial charge in [0.2, 0.25) is 0 Å². The van der Waals surface area contributed by atoms with Gasteiger partial charge in [-0.1, -0.05) is 24.1 Å². The highest BCUT2D eigenvalue weighted by atomic mass is 35.5. The van der Waals surface area contributed by atoms with Crippen LogP contribution >= 0.6 is 11.6 Å². The Bertz CT molecular complexity index is 757. The van der Waals surface area contributed by atoms with E-state index >= 15 is 0 Å². The van der Waals surface area contributed by atoms with Gasteiger partial charge in [0.25, 0.3) is 0 Å². The van der Waals surface area contributed by atoms with E-state index in [9.17, 15) is 0 Å². The summed E-state index contributed by atoms with van der Waals surface area (Å²) < 4.78 is 6.07. The first-order valence-corrected chi connectivity index (χ1v) is 10.5. The summed E-state index contributed by atoms with van der Waals surface area (Å²) in [5, 5.41) is 7.77. The molecule has 1 aromatic carbocycles. The van der Waals surface area contributed by atoms with Crippen LogP contribution in [0.2, 0.25) is 5.02 Å². The van der Waals surface area contributed by atoms with Gasteiger partial charge in [-0.2, -0.15) is 0 Å². The van der Waals surface area contributed by atoms with E-state index in [0.717, 1.165) is 60.9 Å². The molecule has 0 bridgehead atoms. The minimum atomic E-state index is 0.358. The SMILES string of the molecule is Clc1ccc2c(c1NCc1ccc(OC3CCCCC3)cn1)CCNCC2. The molecule has 4 rings (SSSR count). The van der Waals surface area contributed by atoms with E-state index in [1.165, 1.54) is 30.4 Å². The van der Waals surface area contributed by atoms with Gasteiger partial charge in [0.1, 0.15) is 5.75 Å². The highest BCUT2D eigenvalue weighted by molar-refractivity contribution is 6.33. The van der Waals surface area contributed by atoms with Crippen LogP contribution in [0.1, 0.15) is 48.9 Å². The summed E-state index contributed by atoms with van der Waals surface area (Å²) in [6, 6.07) is 8.24. The summed E-state index contributed by atoms with van der Waals surface area (Å²) in [4.78, 5) is 4.58. The quantitative estimate of drug-likeness (QED) is 0.779. The molecular formula is C22H28ClN3O. The Kier molecular flexibility index (Phi) is 6.15. The zero-order valence-corrected chi connectivity index (χ0v) is 16.5. The fraction of sp³-hybridized carbons (Fsp3) is 0.500. The lowest BCUT2D eigenvalue weighted by Crippen LogP contribution is -2.19. The minimum absolute atomic E-state index is 0.358. The number of rotatable bonds is 5. The van der Waals surface area contributed by atoms with Gasteiger partial charge in [0, 0.05) is 0 Å². The number of anilines is 1. The van der Waals surface area contributed by atoms with Crippen molar-refractivity contribution < 1.29 is 4.74 Å². The van der Waals surface area contributed by atoms with E-state index in [1.807, 2.05) is 24.4 Å². The maximum absolute atomic E-state index is 6.49. The molecule has 0 atom stereocenters. The number of nitrogens with zero attached hydrogens (tertiary/aromatic N) is 1. The first-order chi connectivity index (χ1) is 13.3. The van der Waals surface area contributed by atoms with Crippen molar-refractivity contribution >= 4 is 17.3 Å². The molecule has 27 heavy (non-hydrogen) atoms. The van der Waals surface area contributed by atoms with Gasteiger partial charge in [-0.15, -0.1) is 0 Å². The summed E-state index contributed by atoms with van der Waals surface area (Å²) in [7, 11) is 0. The molecule has 5 heteroatoms. The fourth-order valence-electron chi connectivity index (χ4n) is 4.07. The third kappa shape index (κ3) is 4.74. The van der Waals surface area contributed by atoms with Crippen molar-refractivity contribution in [2.24, 2.45) is 0 Å². The molecule has 1 fully saturated rings. The summed E-state index contributed by atoms with van der Waals surface area (Å²) in [6.07, 6.45) is 10.5. The Morgan fingerprint density at radius 1 is 1.07 bits per heavy atom. The molecule has 1 saturated carbocycles. The van der Waals surface area contributed by atoms with Gasteiger partial charge in [0.05, 0.1) is 35.2 Å². The first-order valence-electron chi connectivity index (χ1n) is 10.2. The van der Waals surface area contributed by atoms with E-state index < -0.39 is 0 Å². The van der Waals surface area contributed by atoms with Crippen LogP contribution in [0.5, 0.6) is 5.75 Å². The number of hydrogen-bond donors (Lipinski definition) is 2. The molecule has 2 aromatic rings.